The lowest BCUT2D eigenvalue weighted by atomic mass is 10.2. The summed E-state index contributed by atoms with van der Waals surface area (Å²) in [5.41, 5.74) is 8.23. The molecule has 0 atom stereocenters. The van der Waals surface area contributed by atoms with Gasteiger partial charge in [-0.3, -0.25) is 0 Å². The molecule has 0 aliphatic rings. The van der Waals surface area contributed by atoms with Gasteiger partial charge in [0, 0.05) is 22.8 Å². The Kier molecular flexibility index (Phi) is 3.62. The summed E-state index contributed by atoms with van der Waals surface area (Å²) in [6.07, 6.45) is 1.52. The van der Waals surface area contributed by atoms with E-state index in [0.29, 0.717) is 11.5 Å². The predicted molar refractivity (Wildman–Crippen MR) is 87.9 cm³/mol. The van der Waals surface area contributed by atoms with Gasteiger partial charge < -0.3 is 15.8 Å². The van der Waals surface area contributed by atoms with Crippen LogP contribution in [-0.4, -0.2) is 17.1 Å². The molecule has 0 aliphatic carbocycles. The lowest BCUT2D eigenvalue weighted by Gasteiger charge is -2.10. The molecule has 1 heterocycles. The molecule has 3 aromatic rings. The molecule has 0 spiro atoms. The number of methoxy groups -OCH3 is 1. The zero-order valence-electron chi connectivity index (χ0n) is 11.3. The standard InChI is InChI=1S/C15H13BrN4O/c1-21-14-7-10(3-4-12(14)16)20-15-11-6-9(17)2-5-13(11)18-8-19-15/h2-8H,17H2,1H3,(H,18,19,20). The Morgan fingerprint density at radius 2 is 2.00 bits per heavy atom. The molecule has 1 aromatic heterocycles. The zero-order chi connectivity index (χ0) is 14.8. The molecule has 6 heteroatoms. The molecular weight excluding hydrogens is 332 g/mol. The van der Waals surface area contributed by atoms with Crippen molar-refractivity contribution in [2.45, 2.75) is 0 Å². The average molecular weight is 345 g/mol. The molecule has 0 aliphatic heterocycles. The van der Waals surface area contributed by atoms with Crippen LogP contribution in [0.15, 0.2) is 47.2 Å². The van der Waals surface area contributed by atoms with Crippen LogP contribution >= 0.6 is 15.9 Å². The van der Waals surface area contributed by atoms with Crippen LogP contribution in [0.3, 0.4) is 0 Å². The van der Waals surface area contributed by atoms with Crippen LogP contribution < -0.4 is 15.8 Å². The van der Waals surface area contributed by atoms with Crippen molar-refractivity contribution in [3.8, 4) is 5.75 Å². The number of rotatable bonds is 3. The van der Waals surface area contributed by atoms with Gasteiger partial charge in [0.25, 0.3) is 0 Å². The number of ether oxygens (including phenoxy) is 1. The molecule has 3 rings (SSSR count). The smallest absolute Gasteiger partial charge is 0.141 e. The van der Waals surface area contributed by atoms with Gasteiger partial charge in [-0.1, -0.05) is 0 Å². The Bertz CT molecular complexity index is 807. The molecule has 0 bridgehead atoms. The summed E-state index contributed by atoms with van der Waals surface area (Å²) in [7, 11) is 1.63. The number of nitrogens with two attached hydrogens (primary N) is 1. The first kappa shape index (κ1) is 13.6. The molecule has 106 valence electrons. The van der Waals surface area contributed by atoms with Crippen molar-refractivity contribution in [1.29, 1.82) is 0 Å². The highest BCUT2D eigenvalue weighted by atomic mass is 79.9. The van der Waals surface area contributed by atoms with Gasteiger partial charge in [-0.05, 0) is 46.3 Å². The molecule has 0 saturated carbocycles. The van der Waals surface area contributed by atoms with E-state index in [4.69, 9.17) is 10.5 Å². The molecular formula is C15H13BrN4O. The first-order valence-electron chi connectivity index (χ1n) is 6.28. The maximum absolute atomic E-state index is 5.84. The highest BCUT2D eigenvalue weighted by molar-refractivity contribution is 9.10. The molecule has 0 radical (unpaired) electrons. The van der Waals surface area contributed by atoms with Crippen LogP contribution in [0.4, 0.5) is 17.2 Å². The van der Waals surface area contributed by atoms with Crippen molar-refractivity contribution in [1.82, 2.24) is 9.97 Å². The summed E-state index contributed by atoms with van der Waals surface area (Å²) >= 11 is 3.43. The van der Waals surface area contributed by atoms with Gasteiger partial charge in [0.15, 0.2) is 0 Å². The second-order valence-corrected chi connectivity index (χ2v) is 5.33. The number of aromatic nitrogens is 2. The largest absolute Gasteiger partial charge is 0.495 e. The second-order valence-electron chi connectivity index (χ2n) is 4.47. The lowest BCUT2D eigenvalue weighted by molar-refractivity contribution is 0.412. The van der Waals surface area contributed by atoms with Crippen LogP contribution in [0, 0.1) is 0 Å². The first-order valence-corrected chi connectivity index (χ1v) is 7.07. The van der Waals surface area contributed by atoms with Crippen LogP contribution in [-0.2, 0) is 0 Å². The van der Waals surface area contributed by atoms with E-state index in [0.717, 1.165) is 26.8 Å². The topological polar surface area (TPSA) is 73.1 Å². The summed E-state index contributed by atoms with van der Waals surface area (Å²) in [6, 6.07) is 11.3. The van der Waals surface area contributed by atoms with Gasteiger partial charge in [-0.15, -0.1) is 0 Å². The number of hydrogen-bond acceptors (Lipinski definition) is 5. The monoisotopic (exact) mass is 344 g/mol. The van der Waals surface area contributed by atoms with Crippen LogP contribution in [0.1, 0.15) is 0 Å². The van der Waals surface area contributed by atoms with Crippen LogP contribution in [0.25, 0.3) is 10.9 Å². The van der Waals surface area contributed by atoms with Crippen LogP contribution in [0.2, 0.25) is 0 Å². The number of halogens is 1. The molecule has 0 unspecified atom stereocenters. The number of nitrogens with one attached hydrogen (secondary N) is 1. The van der Waals surface area contributed by atoms with E-state index in [1.807, 2.05) is 36.4 Å². The third-order valence-corrected chi connectivity index (χ3v) is 3.73. The van der Waals surface area contributed by atoms with E-state index in [-0.39, 0.29) is 0 Å². The van der Waals surface area contributed by atoms with E-state index in [1.54, 1.807) is 7.11 Å². The number of nitrogen functional groups attached to an aromatic ring is 1. The van der Waals surface area contributed by atoms with E-state index in [9.17, 15) is 0 Å². The molecule has 0 amide bonds. The van der Waals surface area contributed by atoms with E-state index < -0.39 is 0 Å². The van der Waals surface area contributed by atoms with Crippen molar-refractivity contribution in [2.24, 2.45) is 0 Å². The minimum Gasteiger partial charge on any atom is -0.495 e. The molecule has 21 heavy (non-hydrogen) atoms. The highest BCUT2D eigenvalue weighted by Gasteiger charge is 2.06. The van der Waals surface area contributed by atoms with Gasteiger partial charge >= 0.3 is 0 Å². The molecule has 0 saturated heterocycles. The molecule has 3 N–H and O–H groups in total. The number of anilines is 3. The maximum atomic E-state index is 5.84. The van der Waals surface area contributed by atoms with Gasteiger partial charge in [-0.2, -0.15) is 0 Å². The number of nitrogens with zero attached hydrogens (tertiary/aromatic N) is 2. The summed E-state index contributed by atoms with van der Waals surface area (Å²) in [5.74, 6) is 1.45. The number of fused-ring (bicyclic) bond motifs is 1. The van der Waals surface area contributed by atoms with Crippen molar-refractivity contribution in [3.63, 3.8) is 0 Å². The van der Waals surface area contributed by atoms with Crippen molar-refractivity contribution in [2.75, 3.05) is 18.2 Å². The fourth-order valence-corrected chi connectivity index (χ4v) is 2.46. The van der Waals surface area contributed by atoms with Crippen molar-refractivity contribution >= 4 is 44.0 Å². The maximum Gasteiger partial charge on any atom is 0.141 e. The normalized spacial score (nSPS) is 10.6. The Hall–Kier alpha value is -2.34. The highest BCUT2D eigenvalue weighted by Crippen LogP contribution is 2.30. The van der Waals surface area contributed by atoms with E-state index in [1.165, 1.54) is 6.33 Å². The fourth-order valence-electron chi connectivity index (χ4n) is 2.05. The Morgan fingerprint density at radius 1 is 1.14 bits per heavy atom. The molecule has 2 aromatic carbocycles. The second kappa shape index (κ2) is 5.57. The molecule has 5 nitrogen and oxygen atoms in total. The van der Waals surface area contributed by atoms with E-state index >= 15 is 0 Å². The summed E-state index contributed by atoms with van der Waals surface area (Å²) in [6.45, 7) is 0. The minimum atomic E-state index is 0.675. The zero-order valence-corrected chi connectivity index (χ0v) is 12.9. The van der Waals surface area contributed by atoms with E-state index in [2.05, 4.69) is 31.2 Å². The first-order chi connectivity index (χ1) is 10.2. The van der Waals surface area contributed by atoms with Crippen molar-refractivity contribution < 1.29 is 4.74 Å². The third kappa shape index (κ3) is 2.75. The SMILES string of the molecule is COc1cc(Nc2ncnc3ccc(N)cc23)ccc1Br. The number of benzene rings is 2. The lowest BCUT2D eigenvalue weighted by Crippen LogP contribution is -1.97. The van der Waals surface area contributed by atoms with Gasteiger partial charge in [0.2, 0.25) is 0 Å². The predicted octanol–water partition coefficient (Wildman–Crippen LogP) is 3.73. The van der Waals surface area contributed by atoms with Gasteiger partial charge in [-0.25, -0.2) is 9.97 Å². The summed E-state index contributed by atoms with van der Waals surface area (Å²) in [5, 5.41) is 4.14. The van der Waals surface area contributed by atoms with Gasteiger partial charge in [0.1, 0.15) is 17.9 Å². The minimum absolute atomic E-state index is 0.675. The van der Waals surface area contributed by atoms with Gasteiger partial charge in [0.05, 0.1) is 17.1 Å². The Labute approximate surface area is 130 Å². The van der Waals surface area contributed by atoms with Crippen molar-refractivity contribution in [3.05, 3.63) is 47.2 Å². The summed E-state index contributed by atoms with van der Waals surface area (Å²) < 4.78 is 6.19. The Morgan fingerprint density at radius 3 is 2.81 bits per heavy atom. The average Bonchev–Trinajstić information content (AvgIpc) is 2.50. The fraction of sp³-hybridized carbons (Fsp3) is 0.0667. The van der Waals surface area contributed by atoms with Crippen LogP contribution in [0.5, 0.6) is 5.75 Å². The summed E-state index contributed by atoms with van der Waals surface area (Å²) in [4.78, 5) is 8.52. The number of hydrogen-bond donors (Lipinski definition) is 2. The molecule has 0 fully saturated rings. The quantitative estimate of drug-likeness (QED) is 0.708. The Balaban J connectivity index is 2.03. The third-order valence-electron chi connectivity index (χ3n) is 3.07.